The molecule has 2 fully saturated rings. The minimum atomic E-state index is 0.0833. The molecule has 182 valence electrons. The second kappa shape index (κ2) is 9.85. The average molecular weight is 490 g/mol. The number of amides is 2. The number of carbonyl (C=O) groups is 2. The molecular weight excluding hydrogens is 458 g/mol. The van der Waals surface area contributed by atoms with Crippen molar-refractivity contribution >= 4 is 23.6 Å². The van der Waals surface area contributed by atoms with Crippen LogP contribution in [-0.2, 0) is 4.79 Å². The third-order valence-corrected chi connectivity index (χ3v) is 8.04. The Morgan fingerprint density at radius 3 is 2.23 bits per heavy atom. The van der Waals surface area contributed by atoms with Crippen molar-refractivity contribution in [3.63, 3.8) is 0 Å². The molecule has 0 N–H and O–H groups in total. The molecule has 0 saturated carbocycles. The third-order valence-electron chi connectivity index (χ3n) is 7.21. The minimum absolute atomic E-state index is 0.0833. The molecule has 0 unspecified atom stereocenters. The topological polar surface area (TPSA) is 71.3 Å². The predicted octanol–water partition coefficient (Wildman–Crippen LogP) is 4.13. The van der Waals surface area contributed by atoms with Crippen molar-refractivity contribution in [3.05, 3.63) is 71.8 Å². The van der Waals surface area contributed by atoms with Crippen LogP contribution in [0.2, 0.25) is 0 Å². The number of likely N-dealkylation sites (tertiary alicyclic amines) is 2. The maximum Gasteiger partial charge on any atom is 0.255 e. The Morgan fingerprint density at radius 1 is 0.914 bits per heavy atom. The summed E-state index contributed by atoms with van der Waals surface area (Å²) in [5, 5.41) is 0.664. The molecule has 0 bridgehead atoms. The number of hydrogen-bond donors (Lipinski definition) is 0. The van der Waals surface area contributed by atoms with E-state index >= 15 is 0 Å². The van der Waals surface area contributed by atoms with Crippen LogP contribution in [0.15, 0.2) is 60.0 Å². The van der Waals surface area contributed by atoms with Crippen molar-refractivity contribution in [1.82, 2.24) is 24.3 Å². The Hall–Kier alpha value is -3.13. The van der Waals surface area contributed by atoms with Crippen molar-refractivity contribution < 1.29 is 9.59 Å². The van der Waals surface area contributed by atoms with Crippen LogP contribution in [0.1, 0.15) is 41.0 Å². The number of thioether (sulfide) groups is 1. The maximum atomic E-state index is 13.4. The van der Waals surface area contributed by atoms with Gasteiger partial charge in [0.25, 0.3) is 5.91 Å². The van der Waals surface area contributed by atoms with Gasteiger partial charge in [-0.3, -0.25) is 9.59 Å². The molecule has 2 saturated heterocycles. The van der Waals surface area contributed by atoms with Crippen molar-refractivity contribution in [2.24, 2.45) is 5.41 Å². The van der Waals surface area contributed by atoms with Crippen molar-refractivity contribution in [1.29, 1.82) is 0 Å². The highest BCUT2D eigenvalue weighted by Crippen LogP contribution is 2.41. The van der Waals surface area contributed by atoms with Gasteiger partial charge in [0.2, 0.25) is 5.91 Å². The number of nitrogens with zero attached hydrogens (tertiary/aromatic N) is 5. The van der Waals surface area contributed by atoms with E-state index in [4.69, 9.17) is 0 Å². The number of aryl methyl sites for hydroxylation is 2. The normalized spacial score (nSPS) is 17.2. The summed E-state index contributed by atoms with van der Waals surface area (Å²) in [5.41, 5.74) is 3.60. The van der Waals surface area contributed by atoms with E-state index in [1.165, 1.54) is 11.8 Å². The summed E-state index contributed by atoms with van der Waals surface area (Å²) >= 11 is 1.41. The van der Waals surface area contributed by atoms with E-state index in [2.05, 4.69) is 9.97 Å². The van der Waals surface area contributed by atoms with Crippen molar-refractivity contribution in [2.75, 3.05) is 31.9 Å². The second-order valence-corrected chi connectivity index (χ2v) is 10.6. The van der Waals surface area contributed by atoms with Crippen LogP contribution in [0.25, 0.3) is 5.69 Å². The number of para-hydroxylation sites is 1. The van der Waals surface area contributed by atoms with Gasteiger partial charge in [-0.2, -0.15) is 0 Å². The lowest BCUT2D eigenvalue weighted by atomic mass is 9.77. The molecule has 2 aromatic heterocycles. The van der Waals surface area contributed by atoms with Gasteiger partial charge in [-0.25, -0.2) is 9.97 Å². The van der Waals surface area contributed by atoms with Crippen LogP contribution in [0.5, 0.6) is 0 Å². The van der Waals surface area contributed by atoms with Crippen molar-refractivity contribution in [3.8, 4) is 5.69 Å². The fourth-order valence-corrected chi connectivity index (χ4v) is 6.11. The summed E-state index contributed by atoms with van der Waals surface area (Å²) in [6, 6.07) is 13.7. The van der Waals surface area contributed by atoms with Gasteiger partial charge in [0.1, 0.15) is 0 Å². The third kappa shape index (κ3) is 5.12. The highest BCUT2D eigenvalue weighted by Gasteiger charge is 2.42. The van der Waals surface area contributed by atoms with Crippen LogP contribution >= 0.6 is 11.8 Å². The van der Waals surface area contributed by atoms with Gasteiger partial charge in [0, 0.05) is 50.0 Å². The van der Waals surface area contributed by atoms with Gasteiger partial charge in [0.05, 0.1) is 17.0 Å². The number of benzene rings is 1. The zero-order chi connectivity index (χ0) is 24.4. The summed E-state index contributed by atoms with van der Waals surface area (Å²) in [7, 11) is 0. The summed E-state index contributed by atoms with van der Waals surface area (Å²) < 4.78 is 1.99. The lowest BCUT2D eigenvalue weighted by Gasteiger charge is -2.39. The summed E-state index contributed by atoms with van der Waals surface area (Å²) in [5.74, 6) is 0.591. The molecule has 3 aromatic rings. The quantitative estimate of drug-likeness (QED) is 0.398. The van der Waals surface area contributed by atoms with Gasteiger partial charge in [-0.1, -0.05) is 23.9 Å². The van der Waals surface area contributed by atoms with E-state index in [0.717, 1.165) is 68.1 Å². The molecule has 1 aromatic carbocycles. The molecule has 2 aliphatic rings. The van der Waals surface area contributed by atoms with E-state index in [0.29, 0.717) is 10.9 Å². The fourth-order valence-electron chi connectivity index (χ4n) is 5.26. The lowest BCUT2D eigenvalue weighted by Crippen LogP contribution is -2.45. The summed E-state index contributed by atoms with van der Waals surface area (Å²) in [4.78, 5) is 39.1. The van der Waals surface area contributed by atoms with Crippen LogP contribution in [0.3, 0.4) is 0 Å². The first kappa shape index (κ1) is 23.6. The van der Waals surface area contributed by atoms with E-state index in [1.54, 1.807) is 0 Å². The molecule has 2 aliphatic heterocycles. The SMILES string of the molecule is Cc1cc(C)nc(SCC(=O)N2CCC3(CCN(C(=O)c4ccccc4-n4cccc4)CC3)C2)n1. The number of piperidine rings is 1. The standard InChI is InChI=1S/C27H31N5O2S/c1-20-17-21(2)29-26(28-20)35-18-24(33)32-16-11-27(19-32)9-14-31(15-10-27)25(34)22-7-3-4-8-23(22)30-12-5-6-13-30/h3-8,12-13,17H,9-11,14-16,18-19H2,1-2H3. The largest absolute Gasteiger partial charge is 0.341 e. The summed E-state index contributed by atoms with van der Waals surface area (Å²) in [6.07, 6.45) is 6.80. The van der Waals surface area contributed by atoms with Gasteiger partial charge >= 0.3 is 0 Å². The predicted molar refractivity (Wildman–Crippen MR) is 137 cm³/mol. The number of hydrogen-bond acceptors (Lipinski definition) is 5. The molecule has 0 radical (unpaired) electrons. The van der Waals surface area contributed by atoms with Gasteiger partial charge < -0.3 is 14.4 Å². The molecule has 0 atom stereocenters. The first-order valence-corrected chi connectivity index (χ1v) is 13.2. The number of rotatable bonds is 5. The Labute approximate surface area is 210 Å². The number of aromatic nitrogens is 3. The van der Waals surface area contributed by atoms with Gasteiger partial charge in [-0.15, -0.1) is 0 Å². The average Bonchev–Trinajstić information content (AvgIpc) is 3.53. The summed E-state index contributed by atoms with van der Waals surface area (Å²) in [6.45, 7) is 6.92. The monoisotopic (exact) mass is 489 g/mol. The van der Waals surface area contributed by atoms with E-state index in [9.17, 15) is 9.59 Å². The minimum Gasteiger partial charge on any atom is -0.341 e. The zero-order valence-corrected chi connectivity index (χ0v) is 21.1. The zero-order valence-electron chi connectivity index (χ0n) is 20.3. The molecule has 2 amide bonds. The van der Waals surface area contributed by atoms with Gasteiger partial charge in [0.15, 0.2) is 5.16 Å². The lowest BCUT2D eigenvalue weighted by molar-refractivity contribution is -0.127. The van der Waals surface area contributed by atoms with Crippen molar-refractivity contribution in [2.45, 2.75) is 38.3 Å². The van der Waals surface area contributed by atoms with E-state index in [-0.39, 0.29) is 17.2 Å². The maximum absolute atomic E-state index is 13.4. The molecule has 8 heteroatoms. The molecule has 4 heterocycles. The highest BCUT2D eigenvalue weighted by atomic mass is 32.2. The Kier molecular flexibility index (Phi) is 6.65. The van der Waals surface area contributed by atoms with Gasteiger partial charge in [-0.05, 0) is 68.9 Å². The Bertz CT molecular complexity index is 1200. The van der Waals surface area contributed by atoms with E-state index in [1.807, 2.05) is 83.1 Å². The van der Waals surface area contributed by atoms with Crippen LogP contribution in [0, 0.1) is 19.3 Å². The second-order valence-electron chi connectivity index (χ2n) is 9.69. The molecule has 1 spiro atoms. The first-order valence-electron chi connectivity index (χ1n) is 12.2. The fraction of sp³-hybridized carbons (Fsp3) is 0.407. The molecule has 0 aliphatic carbocycles. The first-order chi connectivity index (χ1) is 16.9. The molecular formula is C27H31N5O2S. The number of carbonyl (C=O) groups excluding carboxylic acids is 2. The smallest absolute Gasteiger partial charge is 0.255 e. The van der Waals surface area contributed by atoms with Crippen LogP contribution in [0.4, 0.5) is 0 Å². The molecule has 35 heavy (non-hydrogen) atoms. The molecule has 5 rings (SSSR count). The van der Waals surface area contributed by atoms with E-state index < -0.39 is 0 Å². The Morgan fingerprint density at radius 2 is 1.54 bits per heavy atom. The van der Waals surface area contributed by atoms with Crippen LogP contribution in [-0.4, -0.2) is 68.1 Å². The van der Waals surface area contributed by atoms with Crippen LogP contribution < -0.4 is 0 Å². The Balaban J connectivity index is 1.17. The molecule has 7 nitrogen and oxygen atoms in total. The highest BCUT2D eigenvalue weighted by molar-refractivity contribution is 7.99.